The molecular weight excluding hydrogens is 392 g/mol. The molecule has 7 nitrogen and oxygen atoms in total. The lowest BCUT2D eigenvalue weighted by molar-refractivity contribution is -0.129. The lowest BCUT2D eigenvalue weighted by atomic mass is 10.0. The quantitative estimate of drug-likeness (QED) is 0.228. The van der Waals surface area contributed by atoms with Crippen LogP contribution >= 0.6 is 0 Å². The highest BCUT2D eigenvalue weighted by molar-refractivity contribution is 5.87. The molecule has 1 aromatic carbocycles. The molecule has 31 heavy (non-hydrogen) atoms. The fraction of sp³-hybridized carbons (Fsp3) is 0.667. The number of unbranched alkanes of at least 4 members (excludes halogenated alkanes) is 5. The molecular formula is C24H42N4O3. The van der Waals surface area contributed by atoms with E-state index < -0.39 is 6.04 Å². The molecule has 0 radical (unpaired) electrons. The smallest absolute Gasteiger partial charge is 0.242 e. The first kappa shape index (κ1) is 26.9. The molecule has 0 aromatic heterocycles. The Morgan fingerprint density at radius 2 is 1.55 bits per heavy atom. The van der Waals surface area contributed by atoms with Gasteiger partial charge in [0.05, 0.1) is 0 Å². The third-order valence-corrected chi connectivity index (χ3v) is 5.14. The van der Waals surface area contributed by atoms with E-state index in [0.29, 0.717) is 19.4 Å². The SMILES string of the molecule is CCCC(=O)N[C@@H](Cc1ccc(O)cc1)C(=O)NCCCCCCCCNCCCN. The van der Waals surface area contributed by atoms with E-state index in [1.165, 1.54) is 25.7 Å². The zero-order chi connectivity index (χ0) is 22.7. The predicted molar refractivity (Wildman–Crippen MR) is 126 cm³/mol. The van der Waals surface area contributed by atoms with Gasteiger partial charge < -0.3 is 26.8 Å². The minimum atomic E-state index is -0.602. The molecule has 1 rings (SSSR count). The molecule has 0 unspecified atom stereocenters. The zero-order valence-corrected chi connectivity index (χ0v) is 19.1. The maximum absolute atomic E-state index is 12.6. The van der Waals surface area contributed by atoms with Gasteiger partial charge in [0, 0.05) is 19.4 Å². The van der Waals surface area contributed by atoms with Crippen LogP contribution < -0.4 is 21.7 Å². The highest BCUT2D eigenvalue weighted by Gasteiger charge is 2.20. The van der Waals surface area contributed by atoms with Crippen LogP contribution in [0.25, 0.3) is 0 Å². The molecule has 176 valence electrons. The number of hydrogen-bond donors (Lipinski definition) is 5. The van der Waals surface area contributed by atoms with Crippen LogP contribution in [0.1, 0.15) is 70.3 Å². The summed E-state index contributed by atoms with van der Waals surface area (Å²) in [6, 6.07) is 6.13. The van der Waals surface area contributed by atoms with Gasteiger partial charge in [0.15, 0.2) is 0 Å². The summed E-state index contributed by atoms with van der Waals surface area (Å²) in [6.07, 6.45) is 9.40. The van der Waals surface area contributed by atoms with E-state index in [1.54, 1.807) is 24.3 Å². The van der Waals surface area contributed by atoms with Crippen LogP contribution in [0.3, 0.4) is 0 Å². The summed E-state index contributed by atoms with van der Waals surface area (Å²) in [4.78, 5) is 24.7. The first-order valence-corrected chi connectivity index (χ1v) is 11.8. The molecule has 0 saturated heterocycles. The Kier molecular flexibility index (Phi) is 15.2. The Bertz CT molecular complexity index is 607. The van der Waals surface area contributed by atoms with E-state index in [-0.39, 0.29) is 17.6 Å². The molecule has 0 aliphatic rings. The number of aromatic hydroxyl groups is 1. The van der Waals surface area contributed by atoms with Crippen molar-refractivity contribution >= 4 is 11.8 Å². The van der Waals surface area contributed by atoms with E-state index >= 15 is 0 Å². The van der Waals surface area contributed by atoms with Crippen LogP contribution in [0.4, 0.5) is 0 Å². The molecule has 0 fully saturated rings. The molecule has 0 saturated carbocycles. The van der Waals surface area contributed by atoms with Crippen LogP contribution in [0.5, 0.6) is 5.75 Å². The van der Waals surface area contributed by atoms with Crippen LogP contribution in [0, 0.1) is 0 Å². The Balaban J connectivity index is 2.25. The summed E-state index contributed by atoms with van der Waals surface area (Å²) >= 11 is 0. The summed E-state index contributed by atoms with van der Waals surface area (Å²) in [5.41, 5.74) is 6.36. The van der Waals surface area contributed by atoms with Crippen molar-refractivity contribution in [2.45, 2.75) is 77.2 Å². The summed E-state index contributed by atoms with van der Waals surface area (Å²) < 4.78 is 0. The predicted octanol–water partition coefficient (Wildman–Crippen LogP) is 2.61. The van der Waals surface area contributed by atoms with E-state index in [2.05, 4.69) is 16.0 Å². The number of phenols is 1. The highest BCUT2D eigenvalue weighted by atomic mass is 16.3. The number of phenolic OH excluding ortho intramolecular Hbond substituents is 1. The van der Waals surface area contributed by atoms with Crippen LogP contribution in [0.15, 0.2) is 24.3 Å². The van der Waals surface area contributed by atoms with Gasteiger partial charge in [-0.15, -0.1) is 0 Å². The van der Waals surface area contributed by atoms with Gasteiger partial charge in [0.2, 0.25) is 11.8 Å². The van der Waals surface area contributed by atoms with Crippen molar-refractivity contribution in [3.8, 4) is 5.75 Å². The molecule has 7 heteroatoms. The third kappa shape index (κ3) is 13.7. The second kappa shape index (κ2) is 17.5. The molecule has 0 bridgehead atoms. The van der Waals surface area contributed by atoms with Gasteiger partial charge in [0.25, 0.3) is 0 Å². The van der Waals surface area contributed by atoms with Crippen molar-refractivity contribution < 1.29 is 14.7 Å². The summed E-state index contributed by atoms with van der Waals surface area (Å²) in [6.45, 7) is 5.36. The largest absolute Gasteiger partial charge is 0.508 e. The number of carbonyl (C=O) groups excluding carboxylic acids is 2. The second-order valence-electron chi connectivity index (χ2n) is 8.05. The molecule has 1 atom stereocenters. The van der Waals surface area contributed by atoms with E-state index in [4.69, 9.17) is 5.73 Å². The average molecular weight is 435 g/mol. The van der Waals surface area contributed by atoms with Gasteiger partial charge >= 0.3 is 0 Å². The van der Waals surface area contributed by atoms with Crippen molar-refractivity contribution in [2.24, 2.45) is 5.73 Å². The molecule has 0 aliphatic carbocycles. The minimum absolute atomic E-state index is 0.112. The maximum atomic E-state index is 12.6. The Hall–Kier alpha value is -2.12. The fourth-order valence-corrected chi connectivity index (χ4v) is 3.34. The van der Waals surface area contributed by atoms with Crippen molar-refractivity contribution in [3.63, 3.8) is 0 Å². The Labute approximate surface area is 187 Å². The van der Waals surface area contributed by atoms with Gasteiger partial charge in [-0.25, -0.2) is 0 Å². The first-order chi connectivity index (χ1) is 15.1. The topological polar surface area (TPSA) is 116 Å². The second-order valence-corrected chi connectivity index (χ2v) is 8.05. The standard InChI is InChI=1S/C24H42N4O3/c1-2-10-23(30)28-22(19-20-11-13-21(29)14-12-20)24(31)27-18-8-6-4-3-5-7-16-26-17-9-15-25/h11-14,22,26,29H,2-10,15-19,25H2,1H3,(H,27,31)(H,28,30)/t22-/m0/s1. The van der Waals surface area contributed by atoms with Gasteiger partial charge in [-0.2, -0.15) is 0 Å². The van der Waals surface area contributed by atoms with E-state index in [9.17, 15) is 14.7 Å². The zero-order valence-electron chi connectivity index (χ0n) is 19.1. The lowest BCUT2D eigenvalue weighted by Crippen LogP contribution is -2.48. The van der Waals surface area contributed by atoms with Gasteiger partial charge in [-0.05, 0) is 63.0 Å². The van der Waals surface area contributed by atoms with Gasteiger partial charge in [-0.3, -0.25) is 9.59 Å². The molecule has 0 heterocycles. The molecule has 0 spiro atoms. The highest BCUT2D eigenvalue weighted by Crippen LogP contribution is 2.12. The van der Waals surface area contributed by atoms with E-state index in [0.717, 1.165) is 50.9 Å². The van der Waals surface area contributed by atoms with Gasteiger partial charge in [-0.1, -0.05) is 44.7 Å². The number of nitrogens with one attached hydrogen (secondary N) is 3. The van der Waals surface area contributed by atoms with Crippen LogP contribution in [-0.4, -0.2) is 49.1 Å². The molecule has 6 N–H and O–H groups in total. The molecule has 2 amide bonds. The van der Waals surface area contributed by atoms with Gasteiger partial charge in [0.1, 0.15) is 11.8 Å². The Morgan fingerprint density at radius 1 is 0.935 bits per heavy atom. The van der Waals surface area contributed by atoms with Crippen LogP contribution in [0.2, 0.25) is 0 Å². The molecule has 0 aliphatic heterocycles. The minimum Gasteiger partial charge on any atom is -0.508 e. The maximum Gasteiger partial charge on any atom is 0.242 e. The lowest BCUT2D eigenvalue weighted by Gasteiger charge is -2.19. The molecule has 1 aromatic rings. The number of rotatable bonds is 18. The number of benzene rings is 1. The Morgan fingerprint density at radius 3 is 2.19 bits per heavy atom. The van der Waals surface area contributed by atoms with Crippen molar-refractivity contribution in [2.75, 3.05) is 26.2 Å². The average Bonchev–Trinajstić information content (AvgIpc) is 2.75. The van der Waals surface area contributed by atoms with Crippen molar-refractivity contribution in [1.29, 1.82) is 0 Å². The van der Waals surface area contributed by atoms with E-state index in [1.807, 2.05) is 6.92 Å². The first-order valence-electron chi connectivity index (χ1n) is 11.8. The van der Waals surface area contributed by atoms with Crippen molar-refractivity contribution in [3.05, 3.63) is 29.8 Å². The van der Waals surface area contributed by atoms with Crippen molar-refractivity contribution in [1.82, 2.24) is 16.0 Å². The number of amides is 2. The normalized spacial score (nSPS) is 11.8. The summed E-state index contributed by atoms with van der Waals surface area (Å²) in [5, 5.41) is 18.6. The summed E-state index contributed by atoms with van der Waals surface area (Å²) in [7, 11) is 0. The fourth-order valence-electron chi connectivity index (χ4n) is 3.34. The number of nitrogens with two attached hydrogens (primary N) is 1. The summed E-state index contributed by atoms with van der Waals surface area (Å²) in [5.74, 6) is -0.0809. The number of hydrogen-bond acceptors (Lipinski definition) is 5. The third-order valence-electron chi connectivity index (χ3n) is 5.14. The number of carbonyl (C=O) groups is 2. The van der Waals surface area contributed by atoms with Crippen LogP contribution in [-0.2, 0) is 16.0 Å². The monoisotopic (exact) mass is 434 g/mol.